The van der Waals surface area contributed by atoms with Crippen molar-refractivity contribution in [2.75, 3.05) is 6.61 Å². The third-order valence-electron chi connectivity index (χ3n) is 6.42. The predicted molar refractivity (Wildman–Crippen MR) is 138 cm³/mol. The van der Waals surface area contributed by atoms with E-state index < -0.39 is 23.0 Å². The van der Waals surface area contributed by atoms with Crippen molar-refractivity contribution < 1.29 is 23.6 Å². The van der Waals surface area contributed by atoms with Gasteiger partial charge in [0.25, 0.3) is 0 Å². The SMILES string of the molecule is CCOC(=O)c1c(C[S+]([O-])c2ccccc2F)n(C2CC2)c2cc(Br)c(O)c(Cn3ccnc3C)c12. The molecular weight excluding hydrogens is 549 g/mol. The van der Waals surface area contributed by atoms with Crippen LogP contribution in [0.15, 0.2) is 52.1 Å². The molecule has 1 aliphatic rings. The summed E-state index contributed by atoms with van der Waals surface area (Å²) in [6.07, 6.45) is 5.28. The average Bonchev–Trinajstić information content (AvgIpc) is 3.52. The second-order valence-corrected chi connectivity index (χ2v) is 11.0. The first kappa shape index (κ1) is 24.9. The summed E-state index contributed by atoms with van der Waals surface area (Å²) in [7, 11) is 0. The number of hydrogen-bond acceptors (Lipinski definition) is 5. The van der Waals surface area contributed by atoms with Crippen molar-refractivity contribution in [3.8, 4) is 5.75 Å². The molecule has 2 aromatic heterocycles. The molecule has 2 aromatic carbocycles. The number of rotatable bonds is 8. The number of aromatic hydroxyl groups is 1. The zero-order valence-electron chi connectivity index (χ0n) is 19.8. The molecule has 1 unspecified atom stereocenters. The van der Waals surface area contributed by atoms with Crippen LogP contribution in [0.5, 0.6) is 5.75 Å². The van der Waals surface area contributed by atoms with Crippen molar-refractivity contribution in [1.82, 2.24) is 14.1 Å². The Hall–Kier alpha value is -2.82. The second-order valence-electron chi connectivity index (χ2n) is 8.75. The van der Waals surface area contributed by atoms with E-state index in [1.54, 1.807) is 37.5 Å². The van der Waals surface area contributed by atoms with Crippen LogP contribution in [0.3, 0.4) is 0 Å². The summed E-state index contributed by atoms with van der Waals surface area (Å²) in [5, 5.41) is 11.7. The molecular formula is C26H25BrFN3O4S. The summed E-state index contributed by atoms with van der Waals surface area (Å²) < 4.78 is 37.7. The lowest BCUT2D eigenvalue weighted by molar-refractivity contribution is 0.0527. The Morgan fingerprint density at radius 2 is 2.11 bits per heavy atom. The van der Waals surface area contributed by atoms with Crippen molar-refractivity contribution in [1.29, 1.82) is 0 Å². The van der Waals surface area contributed by atoms with Gasteiger partial charge in [0.05, 0.1) is 34.4 Å². The van der Waals surface area contributed by atoms with Gasteiger partial charge in [0.2, 0.25) is 0 Å². The van der Waals surface area contributed by atoms with Gasteiger partial charge in [0.15, 0.2) is 16.5 Å². The molecule has 0 saturated heterocycles. The number of phenolic OH excluding ortho intramolecular Hbond substituents is 1. The van der Waals surface area contributed by atoms with E-state index in [0.717, 1.165) is 24.2 Å². The lowest BCUT2D eigenvalue weighted by Gasteiger charge is -2.15. The van der Waals surface area contributed by atoms with Gasteiger partial charge in [-0.25, -0.2) is 14.2 Å². The van der Waals surface area contributed by atoms with Gasteiger partial charge < -0.3 is 23.5 Å². The first-order chi connectivity index (χ1) is 17.3. The molecule has 0 aliphatic heterocycles. The van der Waals surface area contributed by atoms with Crippen molar-refractivity contribution >= 4 is 44.0 Å². The molecule has 36 heavy (non-hydrogen) atoms. The van der Waals surface area contributed by atoms with Crippen LogP contribution in [-0.4, -0.2) is 36.4 Å². The van der Waals surface area contributed by atoms with E-state index in [1.165, 1.54) is 12.1 Å². The second kappa shape index (κ2) is 9.91. The minimum absolute atomic E-state index is 0.0101. The highest BCUT2D eigenvalue weighted by molar-refractivity contribution is 9.10. The molecule has 1 aliphatic carbocycles. The number of halogens is 2. The van der Waals surface area contributed by atoms with Crippen molar-refractivity contribution in [2.24, 2.45) is 0 Å². The monoisotopic (exact) mass is 573 g/mol. The smallest absolute Gasteiger partial charge is 0.340 e. The Morgan fingerprint density at radius 1 is 1.36 bits per heavy atom. The number of carbonyl (C=O) groups is 1. The minimum atomic E-state index is -1.75. The van der Waals surface area contributed by atoms with E-state index in [9.17, 15) is 18.8 Å². The fourth-order valence-corrected chi connectivity index (χ4v) is 6.26. The zero-order chi connectivity index (χ0) is 25.6. The molecule has 0 amide bonds. The molecule has 5 rings (SSSR count). The van der Waals surface area contributed by atoms with Gasteiger partial charge in [-0.15, -0.1) is 0 Å². The predicted octanol–water partition coefficient (Wildman–Crippen LogP) is 5.62. The van der Waals surface area contributed by atoms with Gasteiger partial charge >= 0.3 is 5.97 Å². The number of nitrogens with zero attached hydrogens (tertiary/aromatic N) is 3. The largest absolute Gasteiger partial charge is 0.611 e. The van der Waals surface area contributed by atoms with Crippen LogP contribution in [0.4, 0.5) is 4.39 Å². The maximum Gasteiger partial charge on any atom is 0.340 e. The molecule has 1 fully saturated rings. The van der Waals surface area contributed by atoms with E-state index in [1.807, 2.05) is 16.1 Å². The van der Waals surface area contributed by atoms with Crippen LogP contribution in [-0.2, 0) is 28.2 Å². The summed E-state index contributed by atoms with van der Waals surface area (Å²) in [5.41, 5.74) is 2.05. The molecule has 1 N–H and O–H groups in total. The molecule has 0 bridgehead atoms. The molecule has 10 heteroatoms. The normalized spacial score (nSPS) is 14.4. The van der Waals surface area contributed by atoms with Crippen LogP contribution < -0.4 is 0 Å². The lowest BCUT2D eigenvalue weighted by Crippen LogP contribution is -2.15. The number of fused-ring (bicyclic) bond motifs is 1. The molecule has 2 heterocycles. The fraction of sp³-hybridized carbons (Fsp3) is 0.308. The summed E-state index contributed by atoms with van der Waals surface area (Å²) in [4.78, 5) is 17.8. The van der Waals surface area contributed by atoms with Crippen molar-refractivity contribution in [3.63, 3.8) is 0 Å². The minimum Gasteiger partial charge on any atom is -0.611 e. The highest BCUT2D eigenvalue weighted by atomic mass is 79.9. The first-order valence-electron chi connectivity index (χ1n) is 11.7. The maximum absolute atomic E-state index is 14.5. The van der Waals surface area contributed by atoms with Crippen molar-refractivity contribution in [3.05, 3.63) is 75.7 Å². The van der Waals surface area contributed by atoms with Crippen molar-refractivity contribution in [2.45, 2.75) is 49.9 Å². The number of hydrogen-bond donors (Lipinski definition) is 1. The molecule has 188 valence electrons. The molecule has 0 spiro atoms. The zero-order valence-corrected chi connectivity index (χ0v) is 22.2. The third kappa shape index (κ3) is 4.42. The summed E-state index contributed by atoms with van der Waals surface area (Å²) >= 11 is 1.73. The van der Waals surface area contributed by atoms with Crippen LogP contribution >= 0.6 is 15.9 Å². The van der Waals surface area contributed by atoms with E-state index in [4.69, 9.17) is 4.74 Å². The van der Waals surface area contributed by atoms with Gasteiger partial charge in [0.1, 0.15) is 11.6 Å². The number of aromatic nitrogens is 3. The maximum atomic E-state index is 14.5. The number of phenols is 1. The quantitative estimate of drug-likeness (QED) is 0.218. The number of ether oxygens (including phenoxy) is 1. The number of benzene rings is 2. The van der Waals surface area contributed by atoms with E-state index in [2.05, 4.69) is 20.9 Å². The average molecular weight is 574 g/mol. The Bertz CT molecular complexity index is 1460. The standard InChI is InChI=1S/C26H25BrFN3O4S/c1-3-35-26(33)24-21(14-36(34)22-7-5-4-6-19(22)28)31(16-8-9-16)20-12-18(27)25(32)17(23(20)24)13-30-11-10-29-15(30)2/h4-7,10-12,16,32H,3,8-9,13-14H2,1-2H3. The molecule has 4 aromatic rings. The Morgan fingerprint density at radius 3 is 2.75 bits per heavy atom. The van der Waals surface area contributed by atoms with Gasteiger partial charge in [-0.1, -0.05) is 12.1 Å². The van der Waals surface area contributed by atoms with E-state index in [0.29, 0.717) is 21.1 Å². The number of aryl methyl sites for hydroxylation is 1. The van der Waals surface area contributed by atoms with Crippen LogP contribution in [0.2, 0.25) is 0 Å². The van der Waals surface area contributed by atoms with Gasteiger partial charge in [0, 0.05) is 29.4 Å². The van der Waals surface area contributed by atoms with E-state index >= 15 is 0 Å². The Labute approximate surface area is 219 Å². The highest BCUT2D eigenvalue weighted by Crippen LogP contribution is 2.46. The number of imidazole rings is 1. The van der Waals surface area contributed by atoms with Crippen LogP contribution in [0.25, 0.3) is 10.9 Å². The first-order valence-corrected chi connectivity index (χ1v) is 13.8. The molecule has 0 radical (unpaired) electrons. The van der Waals surface area contributed by atoms with Gasteiger partial charge in [-0.05, 0) is 72.0 Å². The Kier molecular flexibility index (Phi) is 6.84. The third-order valence-corrected chi connectivity index (χ3v) is 8.38. The molecule has 1 atom stereocenters. The molecule has 7 nitrogen and oxygen atoms in total. The summed E-state index contributed by atoms with van der Waals surface area (Å²) in [5.74, 6) is -0.423. The number of esters is 1. The molecule has 1 saturated carbocycles. The lowest BCUT2D eigenvalue weighted by atomic mass is 10.0. The topological polar surface area (TPSA) is 92.3 Å². The highest BCUT2D eigenvalue weighted by Gasteiger charge is 2.36. The van der Waals surface area contributed by atoms with E-state index in [-0.39, 0.29) is 41.2 Å². The Balaban J connectivity index is 1.77. The number of carbonyl (C=O) groups excluding carboxylic acids is 1. The van der Waals surface area contributed by atoms with Gasteiger partial charge in [-0.2, -0.15) is 0 Å². The van der Waals surface area contributed by atoms with Crippen LogP contribution in [0, 0.1) is 12.7 Å². The van der Waals surface area contributed by atoms with Crippen LogP contribution in [0.1, 0.15) is 53.2 Å². The summed E-state index contributed by atoms with van der Waals surface area (Å²) in [6, 6.07) is 7.85. The van der Waals surface area contributed by atoms with Gasteiger partial charge in [-0.3, -0.25) is 0 Å². The fourth-order valence-electron chi connectivity index (χ4n) is 4.60. The summed E-state index contributed by atoms with van der Waals surface area (Å²) in [6.45, 7) is 4.00.